The standard InChI is InChI=1S/C10H11Cl2NO.ClH/c11-7-4-6(5-8(12)10(7)14)9-2-1-3-13-9;/h4-5,9,13-14H,1-3H2;1H/t9-;/m1./s1. The average molecular weight is 269 g/mol. The summed E-state index contributed by atoms with van der Waals surface area (Å²) >= 11 is 11.7. The molecule has 2 N–H and O–H groups in total. The van der Waals surface area contributed by atoms with E-state index in [0.29, 0.717) is 16.1 Å². The van der Waals surface area contributed by atoms with Crippen LogP contribution in [0, 0.1) is 0 Å². The van der Waals surface area contributed by atoms with Crippen LogP contribution in [-0.2, 0) is 0 Å². The van der Waals surface area contributed by atoms with Crippen molar-refractivity contribution in [2.24, 2.45) is 0 Å². The van der Waals surface area contributed by atoms with Gasteiger partial charge in [-0.1, -0.05) is 23.2 Å². The van der Waals surface area contributed by atoms with Gasteiger partial charge < -0.3 is 10.4 Å². The third kappa shape index (κ3) is 2.70. The molecule has 0 amide bonds. The Bertz CT molecular complexity index is 328. The second-order valence-corrected chi connectivity index (χ2v) is 4.30. The van der Waals surface area contributed by atoms with E-state index in [1.54, 1.807) is 12.1 Å². The van der Waals surface area contributed by atoms with Crippen LogP contribution in [0.15, 0.2) is 12.1 Å². The summed E-state index contributed by atoms with van der Waals surface area (Å²) in [4.78, 5) is 0. The van der Waals surface area contributed by atoms with E-state index in [9.17, 15) is 5.11 Å². The molecule has 1 atom stereocenters. The fourth-order valence-corrected chi connectivity index (χ4v) is 2.26. The molecular formula is C10H12Cl3NO. The number of phenolic OH excluding ortho intramolecular Hbond substituents is 1. The lowest BCUT2D eigenvalue weighted by Crippen LogP contribution is -2.12. The summed E-state index contributed by atoms with van der Waals surface area (Å²) in [6, 6.07) is 3.86. The van der Waals surface area contributed by atoms with Crippen molar-refractivity contribution in [2.45, 2.75) is 18.9 Å². The Morgan fingerprint density at radius 3 is 2.33 bits per heavy atom. The summed E-state index contributed by atoms with van der Waals surface area (Å²) < 4.78 is 0. The third-order valence-corrected chi connectivity index (χ3v) is 3.08. The molecule has 0 unspecified atom stereocenters. The molecule has 1 saturated heterocycles. The number of aromatic hydroxyl groups is 1. The fourth-order valence-electron chi connectivity index (χ4n) is 1.76. The molecule has 0 aromatic heterocycles. The van der Waals surface area contributed by atoms with E-state index >= 15 is 0 Å². The maximum Gasteiger partial charge on any atom is 0.152 e. The van der Waals surface area contributed by atoms with Crippen molar-refractivity contribution < 1.29 is 5.11 Å². The molecule has 84 valence electrons. The summed E-state index contributed by atoms with van der Waals surface area (Å²) in [5.41, 5.74) is 1.05. The molecule has 0 bridgehead atoms. The van der Waals surface area contributed by atoms with Gasteiger partial charge in [0.15, 0.2) is 5.75 Å². The van der Waals surface area contributed by atoms with Gasteiger partial charge >= 0.3 is 0 Å². The van der Waals surface area contributed by atoms with E-state index in [2.05, 4.69) is 5.32 Å². The maximum absolute atomic E-state index is 9.39. The normalized spacial score (nSPS) is 20.0. The Balaban J connectivity index is 0.00000112. The van der Waals surface area contributed by atoms with Crippen molar-refractivity contribution in [2.75, 3.05) is 6.54 Å². The first-order chi connectivity index (χ1) is 6.68. The highest BCUT2D eigenvalue weighted by atomic mass is 35.5. The zero-order chi connectivity index (χ0) is 10.1. The zero-order valence-corrected chi connectivity index (χ0v) is 10.3. The molecule has 2 rings (SSSR count). The van der Waals surface area contributed by atoms with Crippen molar-refractivity contribution in [1.82, 2.24) is 5.32 Å². The van der Waals surface area contributed by atoms with E-state index in [1.807, 2.05) is 0 Å². The molecule has 1 aromatic carbocycles. The van der Waals surface area contributed by atoms with Gasteiger partial charge in [0.05, 0.1) is 10.0 Å². The zero-order valence-electron chi connectivity index (χ0n) is 7.96. The third-order valence-electron chi connectivity index (χ3n) is 2.50. The number of halogens is 3. The Hall–Kier alpha value is -0.150. The lowest BCUT2D eigenvalue weighted by Gasteiger charge is -2.12. The van der Waals surface area contributed by atoms with Crippen molar-refractivity contribution in [3.05, 3.63) is 27.7 Å². The summed E-state index contributed by atoms with van der Waals surface area (Å²) in [5.74, 6) is -0.0323. The van der Waals surface area contributed by atoms with Crippen LogP contribution in [0.5, 0.6) is 5.75 Å². The molecule has 0 aliphatic carbocycles. The Labute approximate surface area is 105 Å². The molecule has 0 radical (unpaired) electrons. The quantitative estimate of drug-likeness (QED) is 0.816. The van der Waals surface area contributed by atoms with Crippen LogP contribution < -0.4 is 5.32 Å². The van der Waals surface area contributed by atoms with Crippen LogP contribution in [0.2, 0.25) is 10.0 Å². The fraction of sp³-hybridized carbons (Fsp3) is 0.400. The average Bonchev–Trinajstić information content (AvgIpc) is 2.66. The first-order valence-electron chi connectivity index (χ1n) is 4.60. The van der Waals surface area contributed by atoms with Crippen LogP contribution in [0.1, 0.15) is 24.4 Å². The lowest BCUT2D eigenvalue weighted by molar-refractivity contribution is 0.475. The Kier molecular flexibility index (Phi) is 4.53. The van der Waals surface area contributed by atoms with Crippen molar-refractivity contribution in [3.63, 3.8) is 0 Å². The molecule has 1 aliphatic rings. The Morgan fingerprint density at radius 2 is 1.87 bits per heavy atom. The minimum atomic E-state index is -0.0323. The molecular weight excluding hydrogens is 256 g/mol. The molecule has 1 aliphatic heterocycles. The first kappa shape index (κ1) is 12.9. The van der Waals surface area contributed by atoms with E-state index < -0.39 is 0 Å². The van der Waals surface area contributed by atoms with E-state index in [0.717, 1.165) is 18.5 Å². The van der Waals surface area contributed by atoms with Gasteiger partial charge in [-0.05, 0) is 37.1 Å². The van der Waals surface area contributed by atoms with Crippen LogP contribution in [0.3, 0.4) is 0 Å². The largest absolute Gasteiger partial charge is 0.505 e. The smallest absolute Gasteiger partial charge is 0.152 e. The molecule has 5 heteroatoms. The minimum Gasteiger partial charge on any atom is -0.505 e. The summed E-state index contributed by atoms with van der Waals surface area (Å²) in [7, 11) is 0. The number of hydrogen-bond donors (Lipinski definition) is 2. The first-order valence-corrected chi connectivity index (χ1v) is 5.35. The number of phenols is 1. The second kappa shape index (κ2) is 5.26. The summed E-state index contributed by atoms with van der Waals surface area (Å²) in [6.45, 7) is 1.03. The lowest BCUT2D eigenvalue weighted by atomic mass is 10.1. The topological polar surface area (TPSA) is 32.3 Å². The van der Waals surface area contributed by atoms with Crippen molar-refractivity contribution >= 4 is 35.6 Å². The van der Waals surface area contributed by atoms with E-state index in [1.165, 1.54) is 6.42 Å². The maximum atomic E-state index is 9.39. The van der Waals surface area contributed by atoms with Crippen LogP contribution >= 0.6 is 35.6 Å². The van der Waals surface area contributed by atoms with E-state index in [-0.39, 0.29) is 18.2 Å². The molecule has 0 saturated carbocycles. The monoisotopic (exact) mass is 267 g/mol. The summed E-state index contributed by atoms with van der Waals surface area (Å²) in [5, 5.41) is 13.4. The molecule has 15 heavy (non-hydrogen) atoms. The molecule has 1 heterocycles. The van der Waals surface area contributed by atoms with Crippen molar-refractivity contribution in [1.29, 1.82) is 0 Å². The van der Waals surface area contributed by atoms with Gasteiger partial charge in [0.1, 0.15) is 0 Å². The van der Waals surface area contributed by atoms with Gasteiger partial charge in [0.25, 0.3) is 0 Å². The molecule has 1 aromatic rings. The predicted molar refractivity (Wildman–Crippen MR) is 65.4 cm³/mol. The number of rotatable bonds is 1. The van der Waals surface area contributed by atoms with Crippen LogP contribution in [0.4, 0.5) is 0 Å². The van der Waals surface area contributed by atoms with E-state index in [4.69, 9.17) is 23.2 Å². The van der Waals surface area contributed by atoms with Crippen LogP contribution in [0.25, 0.3) is 0 Å². The highest BCUT2D eigenvalue weighted by Crippen LogP contribution is 2.36. The number of benzene rings is 1. The van der Waals surface area contributed by atoms with Gasteiger partial charge in [-0.25, -0.2) is 0 Å². The van der Waals surface area contributed by atoms with Crippen molar-refractivity contribution in [3.8, 4) is 5.75 Å². The van der Waals surface area contributed by atoms with Gasteiger partial charge in [-0.2, -0.15) is 0 Å². The molecule has 0 spiro atoms. The SMILES string of the molecule is Cl.Oc1c(Cl)cc([C@H]2CCCN2)cc1Cl. The second-order valence-electron chi connectivity index (χ2n) is 3.48. The van der Waals surface area contributed by atoms with Gasteiger partial charge in [-0.15, -0.1) is 12.4 Å². The minimum absolute atomic E-state index is 0. The van der Waals surface area contributed by atoms with Gasteiger partial charge in [-0.3, -0.25) is 0 Å². The number of nitrogens with one attached hydrogen (secondary N) is 1. The molecule has 1 fully saturated rings. The van der Waals surface area contributed by atoms with Crippen LogP contribution in [-0.4, -0.2) is 11.7 Å². The highest BCUT2D eigenvalue weighted by Gasteiger charge is 2.18. The molecule has 2 nitrogen and oxygen atoms in total. The van der Waals surface area contributed by atoms with Gasteiger partial charge in [0.2, 0.25) is 0 Å². The van der Waals surface area contributed by atoms with Gasteiger partial charge in [0, 0.05) is 6.04 Å². The summed E-state index contributed by atoms with van der Waals surface area (Å²) in [6.07, 6.45) is 2.26. The Morgan fingerprint density at radius 1 is 1.27 bits per heavy atom. The highest BCUT2D eigenvalue weighted by molar-refractivity contribution is 6.37. The predicted octanol–water partition coefficient (Wildman–Crippen LogP) is 3.55. The number of hydrogen-bond acceptors (Lipinski definition) is 2.